The van der Waals surface area contributed by atoms with Crippen molar-refractivity contribution in [3.05, 3.63) is 16.3 Å². The number of rotatable bonds is 8. The molecular weight excluding hydrogens is 294 g/mol. The zero-order valence-electron chi connectivity index (χ0n) is 12.2. The predicted molar refractivity (Wildman–Crippen MR) is 82.5 cm³/mol. The van der Waals surface area contributed by atoms with Gasteiger partial charge in [-0.05, 0) is 39.9 Å². The van der Waals surface area contributed by atoms with E-state index in [9.17, 15) is 8.42 Å². The number of hydrogen-bond acceptors (Lipinski definition) is 5. The van der Waals surface area contributed by atoms with Gasteiger partial charge in [-0.25, -0.2) is 13.1 Å². The Morgan fingerprint density at radius 2 is 2.15 bits per heavy atom. The third-order valence-corrected chi connectivity index (χ3v) is 5.73. The van der Waals surface area contributed by atoms with E-state index in [-0.39, 0.29) is 6.04 Å². The van der Waals surface area contributed by atoms with Crippen molar-refractivity contribution in [2.24, 2.45) is 0 Å². The fraction of sp³-hybridized carbons (Fsp3) is 0.692. The molecule has 5 nitrogen and oxygen atoms in total. The van der Waals surface area contributed by atoms with Crippen LogP contribution in [0, 0.1) is 0 Å². The van der Waals surface area contributed by atoms with Gasteiger partial charge in [-0.3, -0.25) is 0 Å². The highest BCUT2D eigenvalue weighted by Crippen LogP contribution is 2.23. The third kappa shape index (κ3) is 4.82. The third-order valence-electron chi connectivity index (χ3n) is 3.08. The van der Waals surface area contributed by atoms with E-state index in [2.05, 4.69) is 10.0 Å². The number of thiophene rings is 1. The minimum absolute atomic E-state index is 0.108. The van der Waals surface area contributed by atoms with Crippen LogP contribution in [0.1, 0.15) is 24.6 Å². The van der Waals surface area contributed by atoms with E-state index in [1.165, 1.54) is 24.2 Å². The lowest BCUT2D eigenvalue weighted by Gasteiger charge is -2.17. The Bertz CT molecular complexity index is 536. The lowest BCUT2D eigenvalue weighted by atomic mass is 10.3. The fourth-order valence-corrected chi connectivity index (χ4v) is 4.51. The van der Waals surface area contributed by atoms with Gasteiger partial charge in [0, 0.05) is 35.4 Å². The zero-order valence-corrected chi connectivity index (χ0v) is 13.9. The molecule has 7 heteroatoms. The molecule has 20 heavy (non-hydrogen) atoms. The van der Waals surface area contributed by atoms with Gasteiger partial charge in [0.2, 0.25) is 10.0 Å². The molecule has 1 aromatic rings. The molecular formula is C13H23N3O2S2. The van der Waals surface area contributed by atoms with Gasteiger partial charge in [-0.15, -0.1) is 11.3 Å². The molecule has 1 heterocycles. The summed E-state index contributed by atoms with van der Waals surface area (Å²) in [7, 11) is 0.454. The highest BCUT2D eigenvalue weighted by atomic mass is 32.2. The molecule has 0 aromatic carbocycles. The molecule has 0 radical (unpaired) electrons. The summed E-state index contributed by atoms with van der Waals surface area (Å²) in [5.41, 5.74) is 0. The predicted octanol–water partition coefficient (Wildman–Crippen LogP) is 1.23. The van der Waals surface area contributed by atoms with Crippen LogP contribution in [0.15, 0.2) is 16.3 Å². The summed E-state index contributed by atoms with van der Waals surface area (Å²) in [6.07, 6.45) is 2.47. The lowest BCUT2D eigenvalue weighted by Crippen LogP contribution is -2.39. The van der Waals surface area contributed by atoms with Crippen LogP contribution in [0.3, 0.4) is 0 Å². The molecule has 0 spiro atoms. The molecule has 114 valence electrons. The Morgan fingerprint density at radius 3 is 2.75 bits per heavy atom. The summed E-state index contributed by atoms with van der Waals surface area (Å²) >= 11 is 1.50. The van der Waals surface area contributed by atoms with Gasteiger partial charge in [-0.1, -0.05) is 0 Å². The summed E-state index contributed by atoms with van der Waals surface area (Å²) in [6.45, 7) is 3.32. The lowest BCUT2D eigenvalue weighted by molar-refractivity contribution is 0.370. The topological polar surface area (TPSA) is 61.4 Å². The second-order valence-electron chi connectivity index (χ2n) is 5.69. The number of sulfonamides is 1. The SMILES string of the molecule is CC(CN(C)C)NS(=O)(=O)c1csc(CNC2CC2)c1. The van der Waals surface area contributed by atoms with Gasteiger partial charge < -0.3 is 10.2 Å². The number of nitrogens with one attached hydrogen (secondary N) is 2. The Morgan fingerprint density at radius 1 is 1.45 bits per heavy atom. The van der Waals surface area contributed by atoms with Crippen LogP contribution in [0.25, 0.3) is 0 Å². The van der Waals surface area contributed by atoms with Crippen molar-refractivity contribution in [1.82, 2.24) is 14.9 Å². The summed E-state index contributed by atoms with van der Waals surface area (Å²) in [5, 5.41) is 5.11. The molecule has 1 fully saturated rings. The highest BCUT2D eigenvalue weighted by Gasteiger charge is 2.22. The van der Waals surface area contributed by atoms with Crippen molar-refractivity contribution in [3.63, 3.8) is 0 Å². The van der Waals surface area contributed by atoms with Crippen molar-refractivity contribution < 1.29 is 8.42 Å². The molecule has 0 bridgehead atoms. The monoisotopic (exact) mass is 317 g/mol. The van der Waals surface area contributed by atoms with Gasteiger partial charge in [0.15, 0.2) is 0 Å². The van der Waals surface area contributed by atoms with E-state index in [1.807, 2.05) is 25.9 Å². The molecule has 1 aliphatic rings. The van der Waals surface area contributed by atoms with E-state index >= 15 is 0 Å². The summed E-state index contributed by atoms with van der Waals surface area (Å²) in [4.78, 5) is 3.41. The highest BCUT2D eigenvalue weighted by molar-refractivity contribution is 7.89. The van der Waals surface area contributed by atoms with Crippen LogP contribution in [0.2, 0.25) is 0 Å². The minimum Gasteiger partial charge on any atom is -0.309 e. The van der Waals surface area contributed by atoms with Crippen LogP contribution < -0.4 is 10.0 Å². The zero-order chi connectivity index (χ0) is 14.8. The molecule has 0 amide bonds. The summed E-state index contributed by atoms with van der Waals surface area (Å²) in [5.74, 6) is 0. The molecule has 1 aromatic heterocycles. The van der Waals surface area contributed by atoms with Gasteiger partial charge >= 0.3 is 0 Å². The van der Waals surface area contributed by atoms with E-state index in [4.69, 9.17) is 0 Å². The minimum atomic E-state index is -3.40. The molecule has 1 atom stereocenters. The molecule has 1 aliphatic carbocycles. The summed E-state index contributed by atoms with van der Waals surface area (Å²) in [6, 6.07) is 2.29. The van der Waals surface area contributed by atoms with E-state index < -0.39 is 10.0 Å². The van der Waals surface area contributed by atoms with Crippen LogP contribution in [0.4, 0.5) is 0 Å². The Balaban J connectivity index is 1.94. The second-order valence-corrected chi connectivity index (χ2v) is 8.40. The summed E-state index contributed by atoms with van der Waals surface area (Å²) < 4.78 is 27.2. The first-order valence-electron chi connectivity index (χ1n) is 6.84. The molecule has 0 aliphatic heterocycles. The maximum absolute atomic E-state index is 12.2. The quantitative estimate of drug-likeness (QED) is 0.757. The standard InChI is InChI=1S/C13H23N3O2S2/c1-10(8-16(2)3)15-20(17,18)13-6-12(19-9-13)7-14-11-4-5-11/h6,9-11,14-15H,4-5,7-8H2,1-3H3. The first kappa shape index (κ1) is 15.9. The Hall–Kier alpha value is -0.470. The van der Waals surface area contributed by atoms with Crippen LogP contribution in [0.5, 0.6) is 0 Å². The molecule has 1 saturated carbocycles. The molecule has 0 saturated heterocycles. The largest absolute Gasteiger partial charge is 0.309 e. The van der Waals surface area contributed by atoms with Gasteiger partial charge in [-0.2, -0.15) is 0 Å². The Labute approximate surface area is 125 Å². The van der Waals surface area contributed by atoms with Crippen molar-refractivity contribution in [2.45, 2.75) is 43.3 Å². The van der Waals surface area contributed by atoms with E-state index in [0.717, 1.165) is 11.4 Å². The first-order valence-corrected chi connectivity index (χ1v) is 9.21. The van der Waals surface area contributed by atoms with Gasteiger partial charge in [0.05, 0.1) is 4.90 Å². The van der Waals surface area contributed by atoms with Crippen LogP contribution >= 0.6 is 11.3 Å². The van der Waals surface area contributed by atoms with Gasteiger partial charge in [0.1, 0.15) is 0 Å². The van der Waals surface area contributed by atoms with Crippen molar-refractivity contribution >= 4 is 21.4 Å². The van der Waals surface area contributed by atoms with Crippen molar-refractivity contribution in [3.8, 4) is 0 Å². The second kappa shape index (κ2) is 6.53. The Kier molecular flexibility index (Phi) is 5.19. The van der Waals surface area contributed by atoms with Crippen molar-refractivity contribution in [1.29, 1.82) is 0 Å². The number of hydrogen-bond donors (Lipinski definition) is 2. The van der Waals surface area contributed by atoms with E-state index in [0.29, 0.717) is 17.5 Å². The number of nitrogens with zero attached hydrogens (tertiary/aromatic N) is 1. The van der Waals surface area contributed by atoms with Crippen LogP contribution in [-0.4, -0.2) is 46.0 Å². The molecule has 2 N–H and O–H groups in total. The van der Waals surface area contributed by atoms with Crippen LogP contribution in [-0.2, 0) is 16.6 Å². The van der Waals surface area contributed by atoms with Gasteiger partial charge in [0.25, 0.3) is 0 Å². The average Bonchev–Trinajstić information content (AvgIpc) is 3.01. The molecule has 1 unspecified atom stereocenters. The maximum Gasteiger partial charge on any atom is 0.241 e. The fourth-order valence-electron chi connectivity index (χ4n) is 2.04. The normalized spacial score (nSPS) is 17.6. The first-order chi connectivity index (χ1) is 9.37. The maximum atomic E-state index is 12.2. The average molecular weight is 317 g/mol. The van der Waals surface area contributed by atoms with E-state index in [1.54, 1.807) is 11.4 Å². The smallest absolute Gasteiger partial charge is 0.241 e. The number of likely N-dealkylation sites (N-methyl/N-ethyl adjacent to an activating group) is 1. The van der Waals surface area contributed by atoms with Crippen molar-refractivity contribution in [2.75, 3.05) is 20.6 Å². The molecule has 2 rings (SSSR count).